The van der Waals surface area contributed by atoms with Gasteiger partial charge in [0.05, 0.1) is 19.6 Å². The van der Waals surface area contributed by atoms with Gasteiger partial charge in [-0.1, -0.05) is 0 Å². The molecule has 0 spiro atoms. The molecule has 0 aliphatic carbocycles. The van der Waals surface area contributed by atoms with E-state index in [4.69, 9.17) is 25.8 Å². The number of rotatable bonds is 4. The van der Waals surface area contributed by atoms with Gasteiger partial charge in [0.25, 0.3) is 0 Å². The van der Waals surface area contributed by atoms with Gasteiger partial charge in [-0.25, -0.2) is 4.39 Å². The molecule has 0 saturated carbocycles. The molecular weight excluding hydrogens is 271 g/mol. The van der Waals surface area contributed by atoms with Crippen molar-refractivity contribution in [3.05, 3.63) is 23.5 Å². The molecule has 0 bridgehead atoms. The van der Waals surface area contributed by atoms with Crippen molar-refractivity contribution in [1.29, 1.82) is 0 Å². The molecule has 1 heterocycles. The van der Waals surface area contributed by atoms with Gasteiger partial charge in [0, 0.05) is 24.8 Å². The summed E-state index contributed by atoms with van der Waals surface area (Å²) in [6.07, 6.45) is 1.70. The number of ether oxygens (including phenoxy) is 3. The van der Waals surface area contributed by atoms with Crippen LogP contribution in [0.1, 0.15) is 23.8 Å². The van der Waals surface area contributed by atoms with E-state index in [0.29, 0.717) is 30.3 Å². The fourth-order valence-corrected chi connectivity index (χ4v) is 2.76. The van der Waals surface area contributed by atoms with Crippen LogP contribution in [0, 0.1) is 11.7 Å². The van der Waals surface area contributed by atoms with Crippen molar-refractivity contribution in [2.24, 2.45) is 5.92 Å². The summed E-state index contributed by atoms with van der Waals surface area (Å²) in [6.45, 7) is 1.37. The summed E-state index contributed by atoms with van der Waals surface area (Å²) in [7, 11) is 3.00. The lowest BCUT2D eigenvalue weighted by Gasteiger charge is -2.27. The van der Waals surface area contributed by atoms with Gasteiger partial charge >= 0.3 is 0 Å². The molecule has 1 aromatic carbocycles. The van der Waals surface area contributed by atoms with Crippen LogP contribution in [0.2, 0.25) is 0 Å². The van der Waals surface area contributed by atoms with Crippen molar-refractivity contribution in [1.82, 2.24) is 0 Å². The number of halogens is 2. The molecule has 1 unspecified atom stereocenters. The Labute approximate surface area is 117 Å². The Morgan fingerprint density at radius 2 is 1.79 bits per heavy atom. The lowest BCUT2D eigenvalue weighted by molar-refractivity contribution is 0.0648. The van der Waals surface area contributed by atoms with Crippen molar-refractivity contribution in [2.45, 2.75) is 18.2 Å². The van der Waals surface area contributed by atoms with E-state index in [-0.39, 0.29) is 17.1 Å². The van der Waals surface area contributed by atoms with Crippen LogP contribution in [0.3, 0.4) is 0 Å². The molecule has 0 aromatic heterocycles. The summed E-state index contributed by atoms with van der Waals surface area (Å²) in [6, 6.07) is 2.95. The third-order valence-electron chi connectivity index (χ3n) is 3.48. The summed E-state index contributed by atoms with van der Waals surface area (Å²) in [5, 5.41) is -0.372. The molecule has 1 aliphatic rings. The van der Waals surface area contributed by atoms with Gasteiger partial charge in [0.15, 0.2) is 11.5 Å². The first kappa shape index (κ1) is 14.4. The molecule has 1 saturated heterocycles. The normalized spacial score (nSPS) is 18.1. The van der Waals surface area contributed by atoms with Gasteiger partial charge in [-0.2, -0.15) is 0 Å². The van der Waals surface area contributed by atoms with Crippen molar-refractivity contribution >= 4 is 11.6 Å². The number of hydrogen-bond donors (Lipinski definition) is 0. The molecule has 19 heavy (non-hydrogen) atoms. The molecule has 0 amide bonds. The molecule has 0 N–H and O–H groups in total. The van der Waals surface area contributed by atoms with Crippen LogP contribution in [-0.4, -0.2) is 27.4 Å². The van der Waals surface area contributed by atoms with E-state index in [1.165, 1.54) is 20.3 Å². The van der Waals surface area contributed by atoms with Gasteiger partial charge in [-0.3, -0.25) is 0 Å². The van der Waals surface area contributed by atoms with Gasteiger partial charge in [0.2, 0.25) is 0 Å². The zero-order chi connectivity index (χ0) is 13.8. The monoisotopic (exact) mass is 288 g/mol. The molecule has 1 fully saturated rings. The SMILES string of the molecule is COc1cc(F)c(C(Cl)C2CCOCC2)cc1OC. The van der Waals surface area contributed by atoms with Crippen LogP contribution >= 0.6 is 11.6 Å². The van der Waals surface area contributed by atoms with E-state index in [0.717, 1.165) is 12.8 Å². The summed E-state index contributed by atoms with van der Waals surface area (Å²) in [5.41, 5.74) is 0.464. The van der Waals surface area contributed by atoms with E-state index in [1.54, 1.807) is 6.07 Å². The average Bonchev–Trinajstić information content (AvgIpc) is 2.47. The largest absolute Gasteiger partial charge is 0.493 e. The van der Waals surface area contributed by atoms with E-state index < -0.39 is 0 Å². The molecule has 1 atom stereocenters. The zero-order valence-electron chi connectivity index (χ0n) is 11.1. The van der Waals surface area contributed by atoms with Crippen LogP contribution in [0.15, 0.2) is 12.1 Å². The van der Waals surface area contributed by atoms with Gasteiger partial charge < -0.3 is 14.2 Å². The molecule has 1 aromatic rings. The van der Waals surface area contributed by atoms with E-state index in [1.807, 2.05) is 0 Å². The standard InChI is InChI=1S/C14H18ClFO3/c1-17-12-7-10(11(16)8-13(12)18-2)14(15)9-3-5-19-6-4-9/h7-9,14H,3-6H2,1-2H3. The van der Waals surface area contributed by atoms with Gasteiger partial charge in [0.1, 0.15) is 5.82 Å². The Kier molecular flexibility index (Phi) is 4.88. The van der Waals surface area contributed by atoms with Crippen molar-refractivity contribution in [2.75, 3.05) is 27.4 Å². The molecule has 0 radical (unpaired) electrons. The summed E-state index contributed by atoms with van der Waals surface area (Å²) >= 11 is 6.42. The topological polar surface area (TPSA) is 27.7 Å². The number of alkyl halides is 1. The van der Waals surface area contributed by atoms with Crippen molar-refractivity contribution in [3.63, 3.8) is 0 Å². The quantitative estimate of drug-likeness (QED) is 0.793. The Balaban J connectivity index is 2.27. The van der Waals surface area contributed by atoms with Crippen LogP contribution < -0.4 is 9.47 Å². The predicted octanol–water partition coefficient (Wildman–Crippen LogP) is 3.55. The maximum atomic E-state index is 14.1. The minimum atomic E-state index is -0.372. The first-order valence-electron chi connectivity index (χ1n) is 6.30. The van der Waals surface area contributed by atoms with Crippen LogP contribution in [0.4, 0.5) is 4.39 Å². The molecule has 5 heteroatoms. The van der Waals surface area contributed by atoms with E-state index >= 15 is 0 Å². The minimum absolute atomic E-state index is 0.225. The fourth-order valence-electron chi connectivity index (χ4n) is 2.34. The first-order valence-corrected chi connectivity index (χ1v) is 6.74. The highest BCUT2D eigenvalue weighted by Crippen LogP contribution is 2.40. The van der Waals surface area contributed by atoms with Crippen LogP contribution in [0.25, 0.3) is 0 Å². The minimum Gasteiger partial charge on any atom is -0.493 e. The molecule has 3 nitrogen and oxygen atoms in total. The zero-order valence-corrected chi connectivity index (χ0v) is 11.9. The lowest BCUT2D eigenvalue weighted by Crippen LogP contribution is -2.20. The summed E-state index contributed by atoms with van der Waals surface area (Å²) in [5.74, 6) is 0.739. The Morgan fingerprint density at radius 3 is 2.37 bits per heavy atom. The Hall–Kier alpha value is -1.00. The highest BCUT2D eigenvalue weighted by molar-refractivity contribution is 6.21. The number of benzene rings is 1. The highest BCUT2D eigenvalue weighted by atomic mass is 35.5. The summed E-state index contributed by atoms with van der Waals surface area (Å²) in [4.78, 5) is 0. The van der Waals surface area contributed by atoms with Crippen LogP contribution in [0.5, 0.6) is 11.5 Å². The third-order valence-corrected chi connectivity index (χ3v) is 4.07. The first-order chi connectivity index (χ1) is 9.17. The smallest absolute Gasteiger partial charge is 0.163 e. The number of methoxy groups -OCH3 is 2. The van der Waals surface area contributed by atoms with Crippen molar-refractivity contribution in [3.8, 4) is 11.5 Å². The molecular formula is C14H18ClFO3. The highest BCUT2D eigenvalue weighted by Gasteiger charge is 2.27. The maximum absolute atomic E-state index is 14.1. The lowest BCUT2D eigenvalue weighted by atomic mass is 9.91. The fraction of sp³-hybridized carbons (Fsp3) is 0.571. The number of hydrogen-bond acceptors (Lipinski definition) is 3. The average molecular weight is 289 g/mol. The summed E-state index contributed by atoms with van der Waals surface area (Å²) < 4.78 is 29.7. The Morgan fingerprint density at radius 1 is 1.21 bits per heavy atom. The second kappa shape index (κ2) is 6.44. The second-order valence-corrected chi connectivity index (χ2v) is 5.05. The van der Waals surface area contributed by atoms with Crippen molar-refractivity contribution < 1.29 is 18.6 Å². The maximum Gasteiger partial charge on any atom is 0.163 e. The van der Waals surface area contributed by atoms with Gasteiger partial charge in [-0.05, 0) is 24.8 Å². The van der Waals surface area contributed by atoms with E-state index in [2.05, 4.69) is 0 Å². The third kappa shape index (κ3) is 3.12. The van der Waals surface area contributed by atoms with E-state index in [9.17, 15) is 4.39 Å². The molecule has 1 aliphatic heterocycles. The molecule has 2 rings (SSSR count). The predicted molar refractivity (Wildman–Crippen MR) is 71.6 cm³/mol. The molecule has 106 valence electrons. The second-order valence-electron chi connectivity index (χ2n) is 4.58. The Bertz CT molecular complexity index is 433. The van der Waals surface area contributed by atoms with Crippen LogP contribution in [-0.2, 0) is 4.74 Å². The van der Waals surface area contributed by atoms with Gasteiger partial charge in [-0.15, -0.1) is 11.6 Å².